The van der Waals surface area contributed by atoms with Crippen molar-refractivity contribution in [2.45, 2.75) is 103 Å². The van der Waals surface area contributed by atoms with Crippen molar-refractivity contribution in [3.8, 4) is 0 Å². The molecule has 0 heterocycles. The number of aliphatic hydroxyl groups excluding tert-OH is 1. The molecule has 0 amide bonds. The highest BCUT2D eigenvalue weighted by Gasteiger charge is 2.51. The van der Waals surface area contributed by atoms with Crippen LogP contribution in [0.3, 0.4) is 0 Å². The zero-order valence-electron chi connectivity index (χ0n) is 20.0. The van der Waals surface area contributed by atoms with Gasteiger partial charge in [-0.3, -0.25) is 4.79 Å². The van der Waals surface area contributed by atoms with E-state index in [0.29, 0.717) is 0 Å². The van der Waals surface area contributed by atoms with Crippen LogP contribution in [0.2, 0.25) is 36.3 Å². The van der Waals surface area contributed by atoms with E-state index in [2.05, 4.69) is 67.7 Å². The van der Waals surface area contributed by atoms with Crippen LogP contribution in [0.5, 0.6) is 0 Å². The lowest BCUT2D eigenvalue weighted by Gasteiger charge is -2.40. The molecule has 1 saturated carbocycles. The van der Waals surface area contributed by atoms with Crippen molar-refractivity contribution in [1.29, 1.82) is 0 Å². The molecule has 0 saturated heterocycles. The summed E-state index contributed by atoms with van der Waals surface area (Å²) < 4.78 is 18.4. The van der Waals surface area contributed by atoms with Gasteiger partial charge in [0.05, 0.1) is 25.7 Å². The van der Waals surface area contributed by atoms with Crippen LogP contribution < -0.4 is 0 Å². The van der Waals surface area contributed by atoms with Gasteiger partial charge in [0, 0.05) is 18.4 Å². The number of methoxy groups -OCH3 is 1. The Morgan fingerprint density at radius 3 is 1.61 bits per heavy atom. The van der Waals surface area contributed by atoms with Crippen LogP contribution in [-0.4, -0.2) is 53.6 Å². The number of aliphatic hydroxyl groups is 1. The number of ether oxygens (including phenoxy) is 1. The lowest BCUT2D eigenvalue weighted by Crippen LogP contribution is -2.45. The van der Waals surface area contributed by atoms with Gasteiger partial charge in [0.1, 0.15) is 0 Å². The maximum atomic E-state index is 12.1. The van der Waals surface area contributed by atoms with Crippen LogP contribution in [0.4, 0.5) is 0 Å². The summed E-state index contributed by atoms with van der Waals surface area (Å²) in [5.74, 6) is -0.440. The van der Waals surface area contributed by atoms with Gasteiger partial charge >= 0.3 is 5.97 Å². The smallest absolute Gasteiger partial charge is 0.305 e. The SMILES string of the molecule is COC(=O)C[C@H]1[C@H](CO)[C@@H](O[Si](C)(C)C(C)(C)C)C[C@H]1O[Si](C)(C)C(C)(C)C. The topological polar surface area (TPSA) is 65.0 Å². The standard InChI is InChI=1S/C21H44O5Si2/c1-20(2,3)27(8,9)25-17-13-18(26-28(10,11)21(4,5)6)16(14-22)15(17)12-19(23)24-7/h15-18,22H,12-14H2,1-11H3/t15-,16-,17+,18-/m0/s1. The Bertz CT molecular complexity index is 534. The molecule has 28 heavy (non-hydrogen) atoms. The summed E-state index contributed by atoms with van der Waals surface area (Å²) in [6.45, 7) is 22.3. The third kappa shape index (κ3) is 5.91. The summed E-state index contributed by atoms with van der Waals surface area (Å²) in [5, 5.41) is 10.4. The number of carbonyl (C=O) groups is 1. The second-order valence-corrected chi connectivity index (χ2v) is 20.9. The molecule has 1 fully saturated rings. The Labute approximate surface area is 174 Å². The molecule has 1 N–H and O–H groups in total. The van der Waals surface area contributed by atoms with Gasteiger partial charge in [-0.05, 0) is 42.7 Å². The molecule has 0 radical (unpaired) electrons. The van der Waals surface area contributed by atoms with E-state index in [1.54, 1.807) is 0 Å². The highest BCUT2D eigenvalue weighted by Crippen LogP contribution is 2.47. The first-order valence-electron chi connectivity index (χ1n) is 10.5. The van der Waals surface area contributed by atoms with E-state index < -0.39 is 16.6 Å². The van der Waals surface area contributed by atoms with Crippen LogP contribution in [0.15, 0.2) is 0 Å². The van der Waals surface area contributed by atoms with Crippen molar-refractivity contribution < 1.29 is 23.5 Å². The maximum absolute atomic E-state index is 12.1. The first-order chi connectivity index (χ1) is 12.5. The van der Waals surface area contributed by atoms with E-state index in [1.165, 1.54) is 7.11 Å². The fourth-order valence-corrected chi connectivity index (χ4v) is 6.09. The highest BCUT2D eigenvalue weighted by atomic mass is 28.4. The molecule has 5 nitrogen and oxygen atoms in total. The Kier molecular flexibility index (Phi) is 8.19. The minimum absolute atomic E-state index is 0.00167. The van der Waals surface area contributed by atoms with Crippen LogP contribution >= 0.6 is 0 Å². The van der Waals surface area contributed by atoms with Crippen molar-refractivity contribution >= 4 is 22.6 Å². The van der Waals surface area contributed by atoms with Crippen LogP contribution in [-0.2, 0) is 18.4 Å². The Morgan fingerprint density at radius 2 is 1.29 bits per heavy atom. The van der Waals surface area contributed by atoms with E-state index in [4.69, 9.17) is 13.6 Å². The third-order valence-electron chi connectivity index (χ3n) is 7.31. The van der Waals surface area contributed by atoms with E-state index in [-0.39, 0.29) is 53.1 Å². The van der Waals surface area contributed by atoms with Crippen LogP contribution in [0.25, 0.3) is 0 Å². The summed E-state index contributed by atoms with van der Waals surface area (Å²) in [6.07, 6.45) is 0.812. The van der Waals surface area contributed by atoms with Crippen LogP contribution in [0, 0.1) is 11.8 Å². The Morgan fingerprint density at radius 1 is 0.893 bits per heavy atom. The molecule has 1 rings (SSSR count). The number of esters is 1. The maximum Gasteiger partial charge on any atom is 0.305 e. The van der Waals surface area contributed by atoms with Gasteiger partial charge in [-0.25, -0.2) is 0 Å². The van der Waals surface area contributed by atoms with Crippen molar-refractivity contribution in [2.75, 3.05) is 13.7 Å². The molecule has 1 aliphatic rings. The van der Waals surface area contributed by atoms with Gasteiger partial charge in [-0.1, -0.05) is 41.5 Å². The zero-order chi connectivity index (χ0) is 22.1. The summed E-state index contributed by atoms with van der Waals surface area (Å²) in [6, 6.07) is 0. The van der Waals surface area contributed by atoms with Crippen molar-refractivity contribution in [3.05, 3.63) is 0 Å². The van der Waals surface area contributed by atoms with E-state index in [9.17, 15) is 9.90 Å². The van der Waals surface area contributed by atoms with Crippen molar-refractivity contribution in [2.24, 2.45) is 11.8 Å². The first kappa shape index (κ1) is 25.8. The van der Waals surface area contributed by atoms with Gasteiger partial charge < -0.3 is 18.7 Å². The molecule has 0 aliphatic heterocycles. The molecule has 0 aromatic rings. The third-order valence-corrected chi connectivity index (χ3v) is 16.3. The number of hydrogen-bond acceptors (Lipinski definition) is 5. The molecular weight excluding hydrogens is 388 g/mol. The van der Waals surface area contributed by atoms with E-state index in [1.807, 2.05) is 0 Å². The first-order valence-corrected chi connectivity index (χ1v) is 16.3. The molecular formula is C21H44O5Si2. The predicted octanol–water partition coefficient (Wildman–Crippen LogP) is 4.96. The zero-order valence-corrected chi connectivity index (χ0v) is 22.0. The lowest BCUT2D eigenvalue weighted by molar-refractivity contribution is -0.143. The number of hydrogen-bond donors (Lipinski definition) is 1. The molecule has 4 atom stereocenters. The average molecular weight is 433 g/mol. The quantitative estimate of drug-likeness (QED) is 0.455. The molecule has 7 heteroatoms. The summed E-state index contributed by atoms with van der Waals surface area (Å²) in [4.78, 5) is 12.1. The average Bonchev–Trinajstić information content (AvgIpc) is 2.79. The number of rotatable bonds is 7. The highest BCUT2D eigenvalue weighted by molar-refractivity contribution is 6.74. The molecule has 0 spiro atoms. The van der Waals surface area contributed by atoms with E-state index in [0.717, 1.165) is 6.42 Å². The normalized spacial score (nSPS) is 27.1. The van der Waals surface area contributed by atoms with E-state index >= 15 is 0 Å². The molecule has 166 valence electrons. The predicted molar refractivity (Wildman–Crippen MR) is 119 cm³/mol. The minimum Gasteiger partial charge on any atom is -0.469 e. The van der Waals surface area contributed by atoms with Crippen molar-refractivity contribution in [3.63, 3.8) is 0 Å². The van der Waals surface area contributed by atoms with Gasteiger partial charge in [0.25, 0.3) is 0 Å². The summed E-state index contributed by atoms with van der Waals surface area (Å²) in [7, 11) is -2.61. The summed E-state index contributed by atoms with van der Waals surface area (Å²) in [5.41, 5.74) is 0. The fraction of sp³-hybridized carbons (Fsp3) is 0.952. The monoisotopic (exact) mass is 432 g/mol. The summed E-state index contributed by atoms with van der Waals surface area (Å²) >= 11 is 0. The molecule has 1 aliphatic carbocycles. The van der Waals surface area contributed by atoms with Gasteiger partial charge in [0.2, 0.25) is 0 Å². The molecule has 0 bridgehead atoms. The molecule has 0 unspecified atom stereocenters. The van der Waals surface area contributed by atoms with Crippen molar-refractivity contribution in [1.82, 2.24) is 0 Å². The minimum atomic E-state index is -2.02. The van der Waals surface area contributed by atoms with Gasteiger partial charge in [-0.2, -0.15) is 0 Å². The lowest BCUT2D eigenvalue weighted by atomic mass is 9.91. The van der Waals surface area contributed by atoms with Crippen LogP contribution in [0.1, 0.15) is 54.4 Å². The Hall–Kier alpha value is -0.216. The fourth-order valence-electron chi connectivity index (χ4n) is 3.32. The second kappa shape index (κ2) is 8.88. The molecule has 0 aromatic heterocycles. The number of carbonyl (C=O) groups excluding carboxylic acids is 1. The second-order valence-electron chi connectivity index (χ2n) is 11.4. The van der Waals surface area contributed by atoms with Gasteiger partial charge in [0.15, 0.2) is 16.6 Å². The molecule has 0 aromatic carbocycles. The Balaban J connectivity index is 3.17. The largest absolute Gasteiger partial charge is 0.469 e. The van der Waals surface area contributed by atoms with Gasteiger partial charge in [-0.15, -0.1) is 0 Å².